The highest BCUT2D eigenvalue weighted by molar-refractivity contribution is 5.74. The van der Waals surface area contributed by atoms with Crippen LogP contribution < -0.4 is 4.90 Å². The maximum atomic E-state index is 12.6. The van der Waals surface area contributed by atoms with Crippen LogP contribution in [-0.4, -0.2) is 70.6 Å². The molecule has 0 atom stereocenters. The fourth-order valence-electron chi connectivity index (χ4n) is 2.74. The third-order valence-corrected chi connectivity index (χ3v) is 4.20. The Labute approximate surface area is 142 Å². The summed E-state index contributed by atoms with van der Waals surface area (Å²) in [6.07, 6.45) is 7.88. The number of pyridine rings is 1. The van der Waals surface area contributed by atoms with Crippen molar-refractivity contribution in [2.45, 2.75) is 6.42 Å². The predicted molar refractivity (Wildman–Crippen MR) is 91.8 cm³/mol. The Morgan fingerprint density at radius 3 is 2.42 bits per heavy atom. The molecule has 7 heteroatoms. The minimum absolute atomic E-state index is 0.0812. The van der Waals surface area contributed by atoms with Crippen LogP contribution in [0.4, 0.5) is 10.7 Å². The largest absolute Gasteiger partial charge is 0.337 e. The molecular formula is C17H22N6O. The Morgan fingerprint density at radius 2 is 1.75 bits per heavy atom. The highest BCUT2D eigenvalue weighted by atomic mass is 16.2. The molecule has 1 saturated heterocycles. The Hall–Kier alpha value is -2.70. The summed E-state index contributed by atoms with van der Waals surface area (Å²) < 4.78 is 0. The topological polar surface area (TPSA) is 65.5 Å². The van der Waals surface area contributed by atoms with E-state index in [1.54, 1.807) is 35.8 Å². The van der Waals surface area contributed by atoms with E-state index in [0.29, 0.717) is 19.6 Å². The van der Waals surface area contributed by atoms with Crippen molar-refractivity contribution >= 4 is 12.0 Å². The van der Waals surface area contributed by atoms with Crippen molar-refractivity contribution in [3.8, 4) is 0 Å². The first kappa shape index (κ1) is 16.2. The van der Waals surface area contributed by atoms with Gasteiger partial charge in [0.15, 0.2) is 0 Å². The molecule has 2 aromatic heterocycles. The van der Waals surface area contributed by atoms with E-state index in [2.05, 4.69) is 19.9 Å². The molecule has 7 nitrogen and oxygen atoms in total. The van der Waals surface area contributed by atoms with Crippen LogP contribution in [-0.2, 0) is 6.42 Å². The van der Waals surface area contributed by atoms with Gasteiger partial charge in [0.1, 0.15) is 0 Å². The van der Waals surface area contributed by atoms with E-state index in [1.807, 2.05) is 24.1 Å². The molecule has 0 unspecified atom stereocenters. The third kappa shape index (κ3) is 3.98. The fraction of sp³-hybridized carbons (Fsp3) is 0.412. The number of rotatable bonds is 4. The molecule has 0 aliphatic carbocycles. The molecule has 3 heterocycles. The molecule has 3 rings (SSSR count). The van der Waals surface area contributed by atoms with E-state index < -0.39 is 0 Å². The van der Waals surface area contributed by atoms with Gasteiger partial charge < -0.3 is 14.7 Å². The molecule has 1 aliphatic heterocycles. The number of anilines is 1. The zero-order valence-corrected chi connectivity index (χ0v) is 13.9. The van der Waals surface area contributed by atoms with Crippen LogP contribution in [0.5, 0.6) is 0 Å². The first-order valence-corrected chi connectivity index (χ1v) is 8.15. The van der Waals surface area contributed by atoms with E-state index >= 15 is 0 Å². The molecule has 0 radical (unpaired) electrons. The molecule has 2 aromatic rings. The second-order valence-corrected chi connectivity index (χ2v) is 5.83. The number of amides is 2. The van der Waals surface area contributed by atoms with Gasteiger partial charge in [-0.3, -0.25) is 4.98 Å². The Kier molecular flexibility index (Phi) is 5.20. The molecule has 1 fully saturated rings. The normalized spacial score (nSPS) is 14.5. The molecule has 24 heavy (non-hydrogen) atoms. The molecular weight excluding hydrogens is 304 g/mol. The van der Waals surface area contributed by atoms with E-state index in [0.717, 1.165) is 25.5 Å². The van der Waals surface area contributed by atoms with Crippen molar-refractivity contribution in [3.05, 3.63) is 48.5 Å². The molecule has 0 aromatic carbocycles. The van der Waals surface area contributed by atoms with Crippen LogP contribution in [0.2, 0.25) is 0 Å². The second kappa shape index (κ2) is 7.72. The maximum Gasteiger partial charge on any atom is 0.319 e. The zero-order chi connectivity index (χ0) is 16.8. The molecule has 0 spiro atoms. The van der Waals surface area contributed by atoms with Gasteiger partial charge in [-0.05, 0) is 30.2 Å². The minimum atomic E-state index is 0.0812. The standard InChI is InChI=1S/C17H22N6O/c1-21(10-5-15-3-8-18-9-4-15)17(24)23-13-11-22(12-14-23)16-19-6-2-7-20-16/h2-4,6-9H,5,10-14H2,1H3. The van der Waals surface area contributed by atoms with Gasteiger partial charge in [0, 0.05) is 64.6 Å². The van der Waals surface area contributed by atoms with Gasteiger partial charge >= 0.3 is 6.03 Å². The first-order chi connectivity index (χ1) is 11.7. The summed E-state index contributed by atoms with van der Waals surface area (Å²) >= 11 is 0. The van der Waals surface area contributed by atoms with Crippen molar-refractivity contribution in [1.82, 2.24) is 24.8 Å². The van der Waals surface area contributed by atoms with Gasteiger partial charge in [0.25, 0.3) is 0 Å². The Bertz CT molecular complexity index is 643. The number of carbonyl (C=O) groups excluding carboxylic acids is 1. The number of nitrogens with zero attached hydrogens (tertiary/aromatic N) is 6. The average molecular weight is 326 g/mol. The van der Waals surface area contributed by atoms with E-state index in [-0.39, 0.29) is 6.03 Å². The molecule has 1 aliphatic rings. The van der Waals surface area contributed by atoms with E-state index in [1.165, 1.54) is 5.56 Å². The quantitative estimate of drug-likeness (QED) is 0.847. The van der Waals surface area contributed by atoms with Crippen molar-refractivity contribution in [3.63, 3.8) is 0 Å². The Balaban J connectivity index is 1.48. The van der Waals surface area contributed by atoms with Gasteiger partial charge in [0.05, 0.1) is 0 Å². The van der Waals surface area contributed by atoms with Crippen LogP contribution in [0.3, 0.4) is 0 Å². The van der Waals surface area contributed by atoms with E-state index in [4.69, 9.17) is 0 Å². The van der Waals surface area contributed by atoms with Crippen molar-refractivity contribution < 1.29 is 4.79 Å². The summed E-state index contributed by atoms with van der Waals surface area (Å²) in [4.78, 5) is 30.9. The Morgan fingerprint density at radius 1 is 1.08 bits per heavy atom. The monoisotopic (exact) mass is 326 g/mol. The molecule has 2 amide bonds. The van der Waals surface area contributed by atoms with Crippen LogP contribution in [0, 0.1) is 0 Å². The summed E-state index contributed by atoms with van der Waals surface area (Å²) in [7, 11) is 1.86. The number of aromatic nitrogens is 3. The highest BCUT2D eigenvalue weighted by Crippen LogP contribution is 2.11. The molecule has 0 saturated carbocycles. The third-order valence-electron chi connectivity index (χ3n) is 4.20. The van der Waals surface area contributed by atoms with Gasteiger partial charge in [-0.15, -0.1) is 0 Å². The zero-order valence-electron chi connectivity index (χ0n) is 13.9. The van der Waals surface area contributed by atoms with Crippen LogP contribution in [0.1, 0.15) is 5.56 Å². The first-order valence-electron chi connectivity index (χ1n) is 8.15. The highest BCUT2D eigenvalue weighted by Gasteiger charge is 2.24. The summed E-state index contributed by atoms with van der Waals surface area (Å²) in [6.45, 7) is 3.60. The van der Waals surface area contributed by atoms with Crippen molar-refractivity contribution in [2.75, 3.05) is 44.7 Å². The van der Waals surface area contributed by atoms with Gasteiger partial charge in [-0.2, -0.15) is 0 Å². The number of likely N-dealkylation sites (N-methyl/N-ethyl adjacent to an activating group) is 1. The van der Waals surface area contributed by atoms with Crippen LogP contribution in [0.25, 0.3) is 0 Å². The number of urea groups is 1. The molecule has 126 valence electrons. The lowest BCUT2D eigenvalue weighted by Crippen LogP contribution is -2.52. The molecule has 0 bridgehead atoms. The van der Waals surface area contributed by atoms with Gasteiger partial charge in [0.2, 0.25) is 5.95 Å². The second-order valence-electron chi connectivity index (χ2n) is 5.83. The van der Waals surface area contributed by atoms with Crippen molar-refractivity contribution in [1.29, 1.82) is 0 Å². The number of hydrogen-bond acceptors (Lipinski definition) is 5. The maximum absolute atomic E-state index is 12.6. The van der Waals surface area contributed by atoms with Gasteiger partial charge in [-0.25, -0.2) is 14.8 Å². The lowest BCUT2D eigenvalue weighted by Gasteiger charge is -2.36. The summed E-state index contributed by atoms with van der Waals surface area (Å²) in [6, 6.07) is 5.85. The lowest BCUT2D eigenvalue weighted by atomic mass is 10.2. The summed E-state index contributed by atoms with van der Waals surface area (Å²) in [5.74, 6) is 0.732. The molecule has 0 N–H and O–H groups in total. The van der Waals surface area contributed by atoms with Crippen molar-refractivity contribution in [2.24, 2.45) is 0 Å². The SMILES string of the molecule is CN(CCc1ccncc1)C(=O)N1CCN(c2ncccn2)CC1. The number of hydrogen-bond donors (Lipinski definition) is 0. The lowest BCUT2D eigenvalue weighted by molar-refractivity contribution is 0.160. The number of piperazine rings is 1. The smallest absolute Gasteiger partial charge is 0.319 e. The predicted octanol–water partition coefficient (Wildman–Crippen LogP) is 1.29. The number of carbonyl (C=O) groups is 1. The van der Waals surface area contributed by atoms with Gasteiger partial charge in [-0.1, -0.05) is 0 Å². The van der Waals surface area contributed by atoms with E-state index in [9.17, 15) is 4.79 Å². The minimum Gasteiger partial charge on any atom is -0.337 e. The fourth-order valence-corrected chi connectivity index (χ4v) is 2.74. The summed E-state index contributed by atoms with van der Waals surface area (Å²) in [5, 5.41) is 0. The van der Waals surface area contributed by atoms with Crippen LogP contribution in [0.15, 0.2) is 43.0 Å². The summed E-state index contributed by atoms with van der Waals surface area (Å²) in [5.41, 5.74) is 1.19. The average Bonchev–Trinajstić information content (AvgIpc) is 2.67. The van der Waals surface area contributed by atoms with Crippen LogP contribution >= 0.6 is 0 Å².